The summed E-state index contributed by atoms with van der Waals surface area (Å²) in [6, 6.07) is 0.382. The third-order valence-electron chi connectivity index (χ3n) is 4.69. The Morgan fingerprint density at radius 1 is 1.19 bits per heavy atom. The Morgan fingerprint density at radius 2 is 2.00 bits per heavy atom. The first kappa shape index (κ1) is 15.0. The van der Waals surface area contributed by atoms with Gasteiger partial charge in [-0.15, -0.1) is 0 Å². The van der Waals surface area contributed by atoms with Gasteiger partial charge in [-0.05, 0) is 46.1 Å². The van der Waals surface area contributed by atoms with Gasteiger partial charge in [0.15, 0.2) is 0 Å². The van der Waals surface area contributed by atoms with Crippen LogP contribution in [-0.2, 0) is 10.0 Å². The number of piperidine rings is 1. The first-order valence-corrected chi connectivity index (χ1v) is 9.22. The van der Waals surface area contributed by atoms with E-state index in [1.165, 1.54) is 0 Å². The molecule has 3 heterocycles. The van der Waals surface area contributed by atoms with Crippen molar-refractivity contribution in [3.8, 4) is 0 Å². The molecule has 0 spiro atoms. The van der Waals surface area contributed by atoms with Crippen LogP contribution in [-0.4, -0.2) is 48.1 Å². The highest BCUT2D eigenvalue weighted by atomic mass is 32.2. The quantitative estimate of drug-likeness (QED) is 0.882. The standard InChI is InChI=1S/C14H24N4O2S/c1-10-14(11(2)17-16-10)21(19,20)18-9-4-3-7-13(18)12-6-5-8-15-12/h12-13,15H,3-9H2,1-2H3,(H,16,17). The van der Waals surface area contributed by atoms with Crippen molar-refractivity contribution in [2.45, 2.75) is 62.9 Å². The Hall–Kier alpha value is -0.920. The molecule has 0 aromatic carbocycles. The lowest BCUT2D eigenvalue weighted by Crippen LogP contribution is -2.52. The minimum atomic E-state index is -3.47. The van der Waals surface area contributed by atoms with Gasteiger partial charge in [0.25, 0.3) is 0 Å². The van der Waals surface area contributed by atoms with Gasteiger partial charge in [0.05, 0.1) is 11.4 Å². The molecule has 2 unspecified atom stereocenters. The van der Waals surface area contributed by atoms with Crippen LogP contribution < -0.4 is 5.32 Å². The van der Waals surface area contributed by atoms with E-state index in [2.05, 4.69) is 15.5 Å². The van der Waals surface area contributed by atoms with E-state index in [0.717, 1.165) is 38.6 Å². The van der Waals surface area contributed by atoms with Crippen molar-refractivity contribution in [2.24, 2.45) is 0 Å². The third-order valence-corrected chi connectivity index (χ3v) is 6.88. The smallest absolute Gasteiger partial charge is 0.247 e. The zero-order chi connectivity index (χ0) is 15.0. The third kappa shape index (κ3) is 2.62. The lowest BCUT2D eigenvalue weighted by atomic mass is 9.97. The predicted octanol–water partition coefficient (Wildman–Crippen LogP) is 1.32. The van der Waals surface area contributed by atoms with Crippen molar-refractivity contribution in [3.05, 3.63) is 11.4 Å². The molecule has 0 amide bonds. The van der Waals surface area contributed by atoms with Gasteiger partial charge in [0, 0.05) is 18.6 Å². The number of rotatable bonds is 3. The molecule has 2 N–H and O–H groups in total. The number of aryl methyl sites for hydroxylation is 2. The van der Waals surface area contributed by atoms with Crippen LogP contribution in [0.25, 0.3) is 0 Å². The Kier molecular flexibility index (Phi) is 4.07. The molecule has 2 atom stereocenters. The van der Waals surface area contributed by atoms with E-state index in [1.54, 1.807) is 18.2 Å². The van der Waals surface area contributed by atoms with Gasteiger partial charge in [0.1, 0.15) is 4.90 Å². The monoisotopic (exact) mass is 312 g/mol. The fourth-order valence-electron chi connectivity index (χ4n) is 3.71. The SMILES string of the molecule is Cc1n[nH]c(C)c1S(=O)(=O)N1CCCCC1C1CCCN1. The molecule has 1 aromatic heterocycles. The average molecular weight is 312 g/mol. The Bertz CT molecular complexity index is 585. The number of H-pyrrole nitrogens is 1. The molecule has 21 heavy (non-hydrogen) atoms. The topological polar surface area (TPSA) is 78.1 Å². The van der Waals surface area contributed by atoms with Gasteiger partial charge in [-0.2, -0.15) is 9.40 Å². The van der Waals surface area contributed by atoms with Crippen molar-refractivity contribution >= 4 is 10.0 Å². The molecule has 2 aliphatic heterocycles. The lowest BCUT2D eigenvalue weighted by Gasteiger charge is -2.38. The normalized spacial score (nSPS) is 28.1. The van der Waals surface area contributed by atoms with Gasteiger partial charge >= 0.3 is 0 Å². The zero-order valence-corrected chi connectivity index (χ0v) is 13.5. The van der Waals surface area contributed by atoms with Crippen LogP contribution in [0, 0.1) is 13.8 Å². The summed E-state index contributed by atoms with van der Waals surface area (Å²) in [6.45, 7) is 5.15. The van der Waals surface area contributed by atoms with E-state index in [-0.39, 0.29) is 6.04 Å². The molecule has 2 aliphatic rings. The van der Waals surface area contributed by atoms with E-state index in [0.29, 0.717) is 28.9 Å². The Labute approximate surface area is 126 Å². The van der Waals surface area contributed by atoms with Gasteiger partial charge < -0.3 is 5.32 Å². The molecular weight excluding hydrogens is 288 g/mol. The fourth-order valence-corrected chi connectivity index (χ4v) is 5.77. The van der Waals surface area contributed by atoms with E-state index in [4.69, 9.17) is 0 Å². The van der Waals surface area contributed by atoms with E-state index >= 15 is 0 Å². The molecule has 0 bridgehead atoms. The molecule has 6 nitrogen and oxygen atoms in total. The van der Waals surface area contributed by atoms with Crippen molar-refractivity contribution in [1.29, 1.82) is 0 Å². The first-order chi connectivity index (χ1) is 10.0. The molecule has 118 valence electrons. The maximum absolute atomic E-state index is 13.1. The number of hydrogen-bond donors (Lipinski definition) is 2. The highest BCUT2D eigenvalue weighted by Crippen LogP contribution is 2.31. The van der Waals surface area contributed by atoms with E-state index < -0.39 is 10.0 Å². The number of aromatic amines is 1. The molecule has 0 aliphatic carbocycles. The molecule has 1 aromatic rings. The summed E-state index contributed by atoms with van der Waals surface area (Å²) in [6.07, 6.45) is 5.21. The van der Waals surface area contributed by atoms with Crippen LogP contribution >= 0.6 is 0 Å². The molecule has 0 saturated carbocycles. The Morgan fingerprint density at radius 3 is 2.62 bits per heavy atom. The van der Waals surface area contributed by atoms with Gasteiger partial charge in [-0.25, -0.2) is 8.42 Å². The minimum Gasteiger partial charge on any atom is -0.312 e. The van der Waals surface area contributed by atoms with Crippen LogP contribution in [0.5, 0.6) is 0 Å². The summed E-state index contributed by atoms with van der Waals surface area (Å²) in [7, 11) is -3.47. The maximum atomic E-state index is 13.1. The number of nitrogens with zero attached hydrogens (tertiary/aromatic N) is 2. The zero-order valence-electron chi connectivity index (χ0n) is 12.7. The van der Waals surface area contributed by atoms with Crippen molar-refractivity contribution in [2.75, 3.05) is 13.1 Å². The van der Waals surface area contributed by atoms with Crippen LogP contribution in [0.15, 0.2) is 4.90 Å². The second-order valence-electron chi connectivity index (χ2n) is 6.14. The van der Waals surface area contributed by atoms with Crippen molar-refractivity contribution in [1.82, 2.24) is 19.8 Å². The van der Waals surface area contributed by atoms with Crippen LogP contribution in [0.3, 0.4) is 0 Å². The van der Waals surface area contributed by atoms with Gasteiger partial charge in [0.2, 0.25) is 10.0 Å². The summed E-state index contributed by atoms with van der Waals surface area (Å²) >= 11 is 0. The predicted molar refractivity (Wildman–Crippen MR) is 80.6 cm³/mol. The average Bonchev–Trinajstić information content (AvgIpc) is 3.09. The summed E-state index contributed by atoms with van der Waals surface area (Å²) < 4.78 is 27.9. The van der Waals surface area contributed by atoms with Crippen molar-refractivity contribution in [3.63, 3.8) is 0 Å². The molecule has 2 saturated heterocycles. The first-order valence-electron chi connectivity index (χ1n) is 7.78. The molecular formula is C14H24N4O2S. The summed E-state index contributed by atoms with van der Waals surface area (Å²) in [5.41, 5.74) is 1.20. The molecule has 0 radical (unpaired) electrons. The molecule has 2 fully saturated rings. The fraction of sp³-hybridized carbons (Fsp3) is 0.786. The van der Waals surface area contributed by atoms with Crippen LogP contribution in [0.1, 0.15) is 43.5 Å². The largest absolute Gasteiger partial charge is 0.312 e. The van der Waals surface area contributed by atoms with Crippen LogP contribution in [0.4, 0.5) is 0 Å². The van der Waals surface area contributed by atoms with Crippen molar-refractivity contribution < 1.29 is 8.42 Å². The second kappa shape index (κ2) is 5.70. The summed E-state index contributed by atoms with van der Waals surface area (Å²) in [5, 5.41) is 10.3. The summed E-state index contributed by atoms with van der Waals surface area (Å²) in [5.74, 6) is 0. The highest BCUT2D eigenvalue weighted by molar-refractivity contribution is 7.89. The van der Waals surface area contributed by atoms with E-state index in [1.807, 2.05) is 0 Å². The number of sulfonamides is 1. The molecule has 3 rings (SSSR count). The van der Waals surface area contributed by atoms with Gasteiger partial charge in [-0.1, -0.05) is 6.42 Å². The van der Waals surface area contributed by atoms with E-state index in [9.17, 15) is 8.42 Å². The number of aromatic nitrogens is 2. The lowest BCUT2D eigenvalue weighted by molar-refractivity contribution is 0.210. The van der Waals surface area contributed by atoms with Crippen LogP contribution in [0.2, 0.25) is 0 Å². The maximum Gasteiger partial charge on any atom is 0.247 e. The molecule has 7 heteroatoms. The minimum absolute atomic E-state index is 0.0833. The number of nitrogens with one attached hydrogen (secondary N) is 2. The number of hydrogen-bond acceptors (Lipinski definition) is 4. The second-order valence-corrected chi connectivity index (χ2v) is 7.97. The van der Waals surface area contributed by atoms with Gasteiger partial charge in [-0.3, -0.25) is 5.10 Å². The Balaban J connectivity index is 1.95. The summed E-state index contributed by atoms with van der Waals surface area (Å²) in [4.78, 5) is 0.368. The highest BCUT2D eigenvalue weighted by Gasteiger charge is 2.40.